The van der Waals surface area contributed by atoms with Crippen molar-refractivity contribution in [2.45, 2.75) is 57.9 Å². The molecule has 0 bridgehead atoms. The van der Waals surface area contributed by atoms with Crippen molar-refractivity contribution < 1.29 is 14.3 Å². The van der Waals surface area contributed by atoms with Crippen LogP contribution in [0.4, 0.5) is 5.69 Å². The summed E-state index contributed by atoms with van der Waals surface area (Å²) in [7, 11) is 0. The van der Waals surface area contributed by atoms with Gasteiger partial charge in [0.1, 0.15) is 5.75 Å². The van der Waals surface area contributed by atoms with Gasteiger partial charge in [-0.25, -0.2) is 4.90 Å². The van der Waals surface area contributed by atoms with Crippen LogP contribution in [0.2, 0.25) is 0 Å². The zero-order valence-electron chi connectivity index (χ0n) is 17.4. The molecule has 0 saturated carbocycles. The second-order valence-electron chi connectivity index (χ2n) is 8.61. The summed E-state index contributed by atoms with van der Waals surface area (Å²) in [5.74, 6) is 1.88. The van der Waals surface area contributed by atoms with Crippen LogP contribution < -0.4 is 9.64 Å². The average Bonchev–Trinajstić information content (AvgIpc) is 3.29. The van der Waals surface area contributed by atoms with Crippen LogP contribution >= 0.6 is 0 Å². The molecule has 3 atom stereocenters. The number of imide groups is 1. The number of ether oxygens (including phenoxy) is 1. The topological polar surface area (TPSA) is 49.9 Å². The first-order valence-electron chi connectivity index (χ1n) is 11.2. The van der Waals surface area contributed by atoms with Crippen LogP contribution in [0, 0.1) is 11.8 Å². The summed E-state index contributed by atoms with van der Waals surface area (Å²) in [6, 6.07) is 7.07. The Morgan fingerprint density at radius 2 is 1.66 bits per heavy atom. The van der Waals surface area contributed by atoms with Crippen LogP contribution in [0.3, 0.4) is 0 Å². The highest BCUT2D eigenvalue weighted by Crippen LogP contribution is 2.36. The highest BCUT2D eigenvalue weighted by molar-refractivity contribution is 6.22. The molecule has 1 aromatic carbocycles. The number of hydrogen-bond acceptors (Lipinski definition) is 4. The van der Waals surface area contributed by atoms with Crippen molar-refractivity contribution in [3.63, 3.8) is 0 Å². The molecule has 1 aliphatic carbocycles. The number of allylic oxidation sites excluding steroid dienone is 2. The lowest BCUT2D eigenvalue weighted by Crippen LogP contribution is -2.41. The maximum Gasteiger partial charge on any atom is 0.251 e. The maximum absolute atomic E-state index is 13.1. The molecular weight excluding hydrogens is 364 g/mol. The van der Waals surface area contributed by atoms with Gasteiger partial charge in [0.25, 0.3) is 5.91 Å². The van der Waals surface area contributed by atoms with Crippen molar-refractivity contribution in [2.75, 3.05) is 24.6 Å². The Labute approximate surface area is 173 Å². The summed E-state index contributed by atoms with van der Waals surface area (Å²) in [6.07, 6.45) is 11.7. The lowest BCUT2D eigenvalue weighted by molar-refractivity contribution is -0.122. The van der Waals surface area contributed by atoms with E-state index in [0.717, 1.165) is 38.1 Å². The Kier molecular flexibility index (Phi) is 6.34. The summed E-state index contributed by atoms with van der Waals surface area (Å²) in [5, 5.41) is 0. The standard InChI is InChI=1S/C24H32N2O3/c1-2-3-4-7-14-29-21-12-10-20(11-13-21)26-23(27)15-22(24(26)28)25-16-18-8-5-6-9-19(18)17-25/h5-6,10-13,18-19,22H,2-4,7-9,14-17H2,1H3/t18-,19+,22-/m1/s1. The highest BCUT2D eigenvalue weighted by atomic mass is 16.5. The molecule has 156 valence electrons. The molecule has 0 radical (unpaired) electrons. The molecule has 2 heterocycles. The van der Waals surface area contributed by atoms with Crippen LogP contribution in [0.25, 0.3) is 0 Å². The number of rotatable bonds is 8. The van der Waals surface area contributed by atoms with Crippen molar-refractivity contribution in [3.05, 3.63) is 36.4 Å². The average molecular weight is 397 g/mol. The smallest absolute Gasteiger partial charge is 0.251 e. The first-order chi connectivity index (χ1) is 14.2. The number of benzene rings is 1. The van der Waals surface area contributed by atoms with E-state index in [1.807, 2.05) is 24.3 Å². The summed E-state index contributed by atoms with van der Waals surface area (Å²) in [5.41, 5.74) is 0.652. The van der Waals surface area contributed by atoms with Gasteiger partial charge in [-0.05, 0) is 55.4 Å². The fourth-order valence-corrected chi connectivity index (χ4v) is 4.89. The predicted molar refractivity (Wildman–Crippen MR) is 114 cm³/mol. The van der Waals surface area contributed by atoms with Gasteiger partial charge in [0.15, 0.2) is 0 Å². The lowest BCUT2D eigenvalue weighted by atomic mass is 9.86. The highest BCUT2D eigenvalue weighted by Gasteiger charge is 2.46. The van der Waals surface area contributed by atoms with Crippen LogP contribution in [0.15, 0.2) is 36.4 Å². The molecule has 2 saturated heterocycles. The number of nitrogens with zero attached hydrogens (tertiary/aromatic N) is 2. The van der Waals surface area contributed by atoms with E-state index >= 15 is 0 Å². The van der Waals surface area contributed by atoms with Crippen molar-refractivity contribution in [1.29, 1.82) is 0 Å². The minimum Gasteiger partial charge on any atom is -0.494 e. The third-order valence-corrected chi connectivity index (χ3v) is 6.57. The number of anilines is 1. The molecule has 0 unspecified atom stereocenters. The molecule has 3 aliphatic rings. The van der Waals surface area contributed by atoms with E-state index in [4.69, 9.17) is 4.74 Å². The fraction of sp³-hybridized carbons (Fsp3) is 0.583. The Bertz CT molecular complexity index is 742. The van der Waals surface area contributed by atoms with Crippen LogP contribution in [0.5, 0.6) is 5.75 Å². The third-order valence-electron chi connectivity index (χ3n) is 6.57. The van der Waals surface area contributed by atoms with Gasteiger partial charge in [0, 0.05) is 13.1 Å². The van der Waals surface area contributed by atoms with Gasteiger partial charge < -0.3 is 4.74 Å². The van der Waals surface area contributed by atoms with Crippen molar-refractivity contribution in [1.82, 2.24) is 4.90 Å². The van der Waals surface area contributed by atoms with Gasteiger partial charge >= 0.3 is 0 Å². The monoisotopic (exact) mass is 396 g/mol. The van der Waals surface area contributed by atoms with Crippen LogP contribution in [-0.2, 0) is 9.59 Å². The van der Waals surface area contributed by atoms with E-state index in [2.05, 4.69) is 24.0 Å². The molecule has 4 rings (SSSR count). The van der Waals surface area contributed by atoms with Gasteiger partial charge in [0.2, 0.25) is 5.91 Å². The summed E-state index contributed by atoms with van der Waals surface area (Å²) in [4.78, 5) is 29.4. The molecular formula is C24H32N2O3. The zero-order chi connectivity index (χ0) is 20.2. The number of likely N-dealkylation sites (tertiary alicyclic amines) is 1. The number of unbranched alkanes of at least 4 members (excludes halogenated alkanes) is 3. The Morgan fingerprint density at radius 3 is 2.31 bits per heavy atom. The molecule has 5 nitrogen and oxygen atoms in total. The van der Waals surface area contributed by atoms with E-state index in [0.29, 0.717) is 30.6 Å². The second kappa shape index (κ2) is 9.12. The van der Waals surface area contributed by atoms with Gasteiger partial charge in [-0.2, -0.15) is 0 Å². The van der Waals surface area contributed by atoms with E-state index in [1.165, 1.54) is 24.2 Å². The number of hydrogen-bond donors (Lipinski definition) is 0. The van der Waals surface area contributed by atoms with Gasteiger partial charge in [-0.3, -0.25) is 14.5 Å². The molecule has 0 aromatic heterocycles. The van der Waals surface area contributed by atoms with Crippen molar-refractivity contribution >= 4 is 17.5 Å². The number of carbonyl (C=O) groups is 2. The van der Waals surface area contributed by atoms with Crippen LogP contribution in [-0.4, -0.2) is 42.5 Å². The second-order valence-corrected chi connectivity index (χ2v) is 8.61. The zero-order valence-corrected chi connectivity index (χ0v) is 17.4. The molecule has 29 heavy (non-hydrogen) atoms. The van der Waals surface area contributed by atoms with Crippen molar-refractivity contribution in [2.24, 2.45) is 11.8 Å². The normalized spacial score (nSPS) is 26.9. The van der Waals surface area contributed by atoms with E-state index < -0.39 is 0 Å². The minimum absolute atomic E-state index is 0.0742. The van der Waals surface area contributed by atoms with E-state index in [1.54, 1.807) is 0 Å². The van der Waals surface area contributed by atoms with E-state index in [9.17, 15) is 9.59 Å². The van der Waals surface area contributed by atoms with Gasteiger partial charge in [0.05, 0.1) is 24.8 Å². The van der Waals surface area contributed by atoms with Crippen LogP contribution in [0.1, 0.15) is 51.9 Å². The lowest BCUT2D eigenvalue weighted by Gasteiger charge is -2.22. The molecule has 0 spiro atoms. The third kappa shape index (κ3) is 4.40. The van der Waals surface area contributed by atoms with Crippen molar-refractivity contribution in [3.8, 4) is 5.75 Å². The minimum atomic E-state index is -0.303. The predicted octanol–water partition coefficient (Wildman–Crippen LogP) is 4.18. The molecule has 2 aliphatic heterocycles. The first-order valence-corrected chi connectivity index (χ1v) is 11.2. The Balaban J connectivity index is 1.35. The Hall–Kier alpha value is -2.14. The first kappa shape index (κ1) is 20.1. The van der Waals surface area contributed by atoms with Gasteiger partial charge in [-0.15, -0.1) is 0 Å². The molecule has 5 heteroatoms. The number of fused-ring (bicyclic) bond motifs is 1. The molecule has 2 fully saturated rings. The summed E-state index contributed by atoms with van der Waals surface area (Å²) in [6.45, 7) is 4.75. The van der Waals surface area contributed by atoms with Gasteiger partial charge in [-0.1, -0.05) is 38.3 Å². The summed E-state index contributed by atoms with van der Waals surface area (Å²) >= 11 is 0. The quantitative estimate of drug-likeness (QED) is 0.376. The molecule has 2 amide bonds. The molecule has 0 N–H and O–H groups in total. The summed E-state index contributed by atoms with van der Waals surface area (Å²) < 4.78 is 5.78. The fourth-order valence-electron chi connectivity index (χ4n) is 4.89. The van der Waals surface area contributed by atoms with E-state index in [-0.39, 0.29) is 17.9 Å². The largest absolute Gasteiger partial charge is 0.494 e. The Morgan fingerprint density at radius 1 is 0.966 bits per heavy atom. The SMILES string of the molecule is CCCCCCOc1ccc(N2C(=O)C[C@@H](N3C[C@H]4CC=CC[C@H]4C3)C2=O)cc1. The number of amides is 2. The maximum atomic E-state index is 13.1. The molecule has 1 aromatic rings. The number of carbonyl (C=O) groups excluding carboxylic acids is 2.